The van der Waals surface area contributed by atoms with Crippen LogP contribution in [0, 0.1) is 6.92 Å². The Bertz CT molecular complexity index is 473. The van der Waals surface area contributed by atoms with Crippen molar-refractivity contribution < 1.29 is 19.1 Å². The Hall–Kier alpha value is -2.04. The maximum atomic E-state index is 11.7. The molecule has 1 aromatic carbocycles. The lowest BCUT2D eigenvalue weighted by Gasteiger charge is -2.12. The molecule has 0 radical (unpaired) electrons. The molecular weight excluding hydrogens is 270 g/mol. The largest absolute Gasteiger partial charge is 0.494 e. The summed E-state index contributed by atoms with van der Waals surface area (Å²) in [6.45, 7) is 6.11. The minimum absolute atomic E-state index is 0.177. The van der Waals surface area contributed by atoms with Gasteiger partial charge in [-0.3, -0.25) is 4.79 Å². The van der Waals surface area contributed by atoms with E-state index in [2.05, 4.69) is 5.32 Å². The average Bonchev–Trinajstić information content (AvgIpc) is 2.44. The Morgan fingerprint density at radius 1 is 1.33 bits per heavy atom. The van der Waals surface area contributed by atoms with Crippen molar-refractivity contribution in [3.05, 3.63) is 29.8 Å². The summed E-state index contributed by atoms with van der Waals surface area (Å²) in [5.74, 6) is 0.209. The van der Waals surface area contributed by atoms with Gasteiger partial charge >= 0.3 is 5.97 Å². The van der Waals surface area contributed by atoms with E-state index >= 15 is 0 Å². The zero-order chi connectivity index (χ0) is 15.7. The highest BCUT2D eigenvalue weighted by molar-refractivity contribution is 5.84. The smallest absolute Gasteiger partial charge is 0.328 e. The first-order valence-corrected chi connectivity index (χ1v) is 7.18. The van der Waals surface area contributed by atoms with Crippen molar-refractivity contribution >= 4 is 11.9 Å². The van der Waals surface area contributed by atoms with Crippen molar-refractivity contribution in [1.29, 1.82) is 0 Å². The number of carbonyl (C=O) groups is 2. The molecule has 0 aliphatic rings. The molecule has 5 nitrogen and oxygen atoms in total. The topological polar surface area (TPSA) is 64.6 Å². The number of rotatable bonds is 8. The van der Waals surface area contributed by atoms with Crippen molar-refractivity contribution in [2.24, 2.45) is 0 Å². The van der Waals surface area contributed by atoms with Crippen LogP contribution < -0.4 is 10.1 Å². The molecular formula is C16H23NO4. The molecule has 1 N–H and O–H groups in total. The van der Waals surface area contributed by atoms with Crippen molar-refractivity contribution in [2.75, 3.05) is 13.2 Å². The fraction of sp³-hybridized carbons (Fsp3) is 0.500. The van der Waals surface area contributed by atoms with Crippen LogP contribution in [-0.2, 0) is 14.3 Å². The van der Waals surface area contributed by atoms with Crippen LogP contribution in [0.4, 0.5) is 0 Å². The number of hydrogen-bond donors (Lipinski definition) is 1. The zero-order valence-electron chi connectivity index (χ0n) is 12.8. The van der Waals surface area contributed by atoms with Gasteiger partial charge in [-0.1, -0.05) is 12.1 Å². The van der Waals surface area contributed by atoms with Crippen LogP contribution in [0.3, 0.4) is 0 Å². The predicted molar refractivity (Wildman–Crippen MR) is 80.1 cm³/mol. The van der Waals surface area contributed by atoms with Crippen LogP contribution in [0.15, 0.2) is 24.3 Å². The van der Waals surface area contributed by atoms with Crippen LogP contribution in [0.2, 0.25) is 0 Å². The van der Waals surface area contributed by atoms with Gasteiger partial charge in [0.05, 0.1) is 13.2 Å². The fourth-order valence-electron chi connectivity index (χ4n) is 1.77. The van der Waals surface area contributed by atoms with Gasteiger partial charge in [-0.05, 0) is 44.9 Å². The highest BCUT2D eigenvalue weighted by Crippen LogP contribution is 2.12. The van der Waals surface area contributed by atoms with Crippen LogP contribution in [0.1, 0.15) is 32.3 Å². The van der Waals surface area contributed by atoms with Crippen LogP contribution in [-0.4, -0.2) is 31.1 Å². The van der Waals surface area contributed by atoms with Crippen LogP contribution >= 0.6 is 0 Å². The Labute approximate surface area is 125 Å². The third-order valence-corrected chi connectivity index (χ3v) is 2.82. The molecule has 0 aromatic heterocycles. The van der Waals surface area contributed by atoms with E-state index in [1.54, 1.807) is 13.8 Å². The number of ether oxygens (including phenoxy) is 2. The first-order chi connectivity index (χ1) is 10.0. The number of esters is 1. The highest BCUT2D eigenvalue weighted by atomic mass is 16.5. The van der Waals surface area contributed by atoms with Gasteiger partial charge in [-0.15, -0.1) is 0 Å². The molecule has 0 bridgehead atoms. The Morgan fingerprint density at radius 3 is 2.76 bits per heavy atom. The van der Waals surface area contributed by atoms with Gasteiger partial charge in [0, 0.05) is 6.42 Å². The third-order valence-electron chi connectivity index (χ3n) is 2.82. The van der Waals surface area contributed by atoms with Crippen molar-refractivity contribution in [3.8, 4) is 5.75 Å². The fourth-order valence-corrected chi connectivity index (χ4v) is 1.77. The minimum Gasteiger partial charge on any atom is -0.494 e. The van der Waals surface area contributed by atoms with E-state index in [4.69, 9.17) is 9.47 Å². The van der Waals surface area contributed by atoms with E-state index in [1.165, 1.54) is 0 Å². The third kappa shape index (κ3) is 6.79. The lowest BCUT2D eigenvalue weighted by Crippen LogP contribution is -2.39. The van der Waals surface area contributed by atoms with E-state index < -0.39 is 12.0 Å². The molecule has 116 valence electrons. The molecule has 0 aliphatic heterocycles. The summed E-state index contributed by atoms with van der Waals surface area (Å²) < 4.78 is 10.4. The van der Waals surface area contributed by atoms with E-state index in [0.29, 0.717) is 26.1 Å². The SMILES string of the molecule is CCOC(=O)C(C)NC(=O)CCCOc1cccc(C)c1. The van der Waals surface area contributed by atoms with Gasteiger partial charge in [0.1, 0.15) is 11.8 Å². The quantitative estimate of drug-likeness (QED) is 0.589. The van der Waals surface area contributed by atoms with E-state index in [9.17, 15) is 9.59 Å². The van der Waals surface area contributed by atoms with Gasteiger partial charge in [0.25, 0.3) is 0 Å². The maximum Gasteiger partial charge on any atom is 0.328 e. The van der Waals surface area contributed by atoms with Crippen molar-refractivity contribution in [2.45, 2.75) is 39.7 Å². The molecule has 0 saturated carbocycles. The van der Waals surface area contributed by atoms with Gasteiger partial charge in [-0.2, -0.15) is 0 Å². The second kappa shape index (κ2) is 9.00. The molecule has 1 unspecified atom stereocenters. The summed E-state index contributed by atoms with van der Waals surface area (Å²) in [5.41, 5.74) is 1.13. The van der Waals surface area contributed by atoms with Gasteiger partial charge in [0.2, 0.25) is 5.91 Å². The number of hydrogen-bond acceptors (Lipinski definition) is 4. The molecule has 0 heterocycles. The normalized spacial score (nSPS) is 11.6. The van der Waals surface area contributed by atoms with E-state index in [1.807, 2.05) is 31.2 Å². The summed E-state index contributed by atoms with van der Waals surface area (Å²) in [7, 11) is 0. The monoisotopic (exact) mass is 293 g/mol. The van der Waals surface area contributed by atoms with Gasteiger partial charge in [-0.25, -0.2) is 4.79 Å². The summed E-state index contributed by atoms with van der Waals surface area (Å²) in [4.78, 5) is 23.0. The Balaban J connectivity index is 2.20. The van der Waals surface area contributed by atoms with Crippen molar-refractivity contribution in [1.82, 2.24) is 5.32 Å². The maximum absolute atomic E-state index is 11.7. The first kappa shape index (κ1) is 17.0. The number of carbonyl (C=O) groups excluding carboxylic acids is 2. The number of aryl methyl sites for hydroxylation is 1. The second-order valence-electron chi connectivity index (χ2n) is 4.81. The summed E-state index contributed by atoms with van der Waals surface area (Å²) in [6.07, 6.45) is 0.908. The molecule has 1 atom stereocenters. The standard InChI is InChI=1S/C16H23NO4/c1-4-20-16(19)13(3)17-15(18)9-6-10-21-14-8-5-7-12(2)11-14/h5,7-8,11,13H,4,6,9-10H2,1-3H3,(H,17,18). The zero-order valence-corrected chi connectivity index (χ0v) is 12.8. The predicted octanol–water partition coefficient (Wildman–Crippen LogP) is 2.22. The average molecular weight is 293 g/mol. The molecule has 1 aromatic rings. The van der Waals surface area contributed by atoms with Gasteiger partial charge < -0.3 is 14.8 Å². The summed E-state index contributed by atoms with van der Waals surface area (Å²) >= 11 is 0. The molecule has 0 fully saturated rings. The summed E-state index contributed by atoms with van der Waals surface area (Å²) in [5, 5.41) is 2.60. The lowest BCUT2D eigenvalue weighted by atomic mass is 10.2. The molecule has 0 spiro atoms. The van der Waals surface area contributed by atoms with Crippen LogP contribution in [0.25, 0.3) is 0 Å². The molecule has 5 heteroatoms. The van der Waals surface area contributed by atoms with Crippen LogP contribution in [0.5, 0.6) is 5.75 Å². The molecule has 1 amide bonds. The van der Waals surface area contributed by atoms with Gasteiger partial charge in [0.15, 0.2) is 0 Å². The number of benzene rings is 1. The number of nitrogens with one attached hydrogen (secondary N) is 1. The van der Waals surface area contributed by atoms with E-state index in [0.717, 1.165) is 11.3 Å². The molecule has 21 heavy (non-hydrogen) atoms. The summed E-state index contributed by atoms with van der Waals surface area (Å²) in [6, 6.07) is 7.14. The second-order valence-corrected chi connectivity index (χ2v) is 4.81. The molecule has 0 saturated heterocycles. The minimum atomic E-state index is -0.616. The number of amides is 1. The highest BCUT2D eigenvalue weighted by Gasteiger charge is 2.15. The Morgan fingerprint density at radius 2 is 2.10 bits per heavy atom. The Kier molecular flexibility index (Phi) is 7.29. The van der Waals surface area contributed by atoms with E-state index in [-0.39, 0.29) is 5.91 Å². The first-order valence-electron chi connectivity index (χ1n) is 7.18. The molecule has 0 aliphatic carbocycles. The lowest BCUT2D eigenvalue weighted by molar-refractivity contribution is -0.146. The van der Waals surface area contributed by atoms with Crippen molar-refractivity contribution in [3.63, 3.8) is 0 Å². The molecule has 1 rings (SSSR count).